The molecule has 0 radical (unpaired) electrons. The molecule has 2 aromatic carbocycles. The Balaban J connectivity index is 1.22. The highest BCUT2D eigenvalue weighted by Crippen LogP contribution is 2.38. The normalized spacial score (nSPS) is 20.3. The van der Waals surface area contributed by atoms with Gasteiger partial charge < -0.3 is 29.9 Å². The fraction of sp³-hybridized carbons (Fsp3) is 0.429. The number of carbonyl (C=O) groups excluding carboxylic acids is 3. The summed E-state index contributed by atoms with van der Waals surface area (Å²) in [7, 11) is 3.16. The summed E-state index contributed by atoms with van der Waals surface area (Å²) in [6.45, 7) is 7.50. The molecule has 6 rings (SSSR count). The lowest BCUT2D eigenvalue weighted by Crippen LogP contribution is -2.44. The number of alkyl halides is 3. The number of amides is 3. The van der Waals surface area contributed by atoms with Gasteiger partial charge in [-0.25, -0.2) is 0 Å². The first-order valence-corrected chi connectivity index (χ1v) is 19.0. The van der Waals surface area contributed by atoms with E-state index in [1.807, 2.05) is 18.2 Å². The molecular formula is C42H49F3N6O5. The van der Waals surface area contributed by atoms with Crippen molar-refractivity contribution in [1.82, 2.24) is 20.1 Å². The van der Waals surface area contributed by atoms with E-state index in [-0.39, 0.29) is 18.0 Å². The number of nitrogens with zero attached hydrogens (tertiary/aromatic N) is 4. The van der Waals surface area contributed by atoms with E-state index in [1.54, 1.807) is 49.2 Å². The van der Waals surface area contributed by atoms with E-state index in [0.29, 0.717) is 47.8 Å². The number of halogens is 3. The number of likely N-dealkylation sites (N-methyl/N-ethyl adjacent to an activating group) is 1. The molecule has 2 N–H and O–H groups in total. The number of rotatable bonds is 12. The lowest BCUT2D eigenvalue weighted by Gasteiger charge is -2.36. The summed E-state index contributed by atoms with van der Waals surface area (Å²) in [5.74, 6) is -1.12. The molecule has 1 aromatic heterocycles. The summed E-state index contributed by atoms with van der Waals surface area (Å²) >= 11 is 0. The molecule has 298 valence electrons. The van der Waals surface area contributed by atoms with Crippen LogP contribution in [0, 0.1) is 5.41 Å². The van der Waals surface area contributed by atoms with Crippen molar-refractivity contribution in [2.75, 3.05) is 83.4 Å². The zero-order valence-corrected chi connectivity index (χ0v) is 32.0. The van der Waals surface area contributed by atoms with Gasteiger partial charge in [0.15, 0.2) is 0 Å². The average Bonchev–Trinajstić information content (AvgIpc) is 3.22. The number of morpholine rings is 1. The van der Waals surface area contributed by atoms with Crippen molar-refractivity contribution >= 4 is 29.1 Å². The molecule has 2 unspecified atom stereocenters. The maximum Gasteiger partial charge on any atom is 0.416 e. The largest absolute Gasteiger partial charge is 0.416 e. The van der Waals surface area contributed by atoms with Crippen molar-refractivity contribution in [3.05, 3.63) is 101 Å². The van der Waals surface area contributed by atoms with Crippen LogP contribution in [-0.2, 0) is 9.47 Å². The van der Waals surface area contributed by atoms with Crippen LogP contribution < -0.4 is 15.5 Å². The Hall–Kier alpha value is -5.05. The van der Waals surface area contributed by atoms with E-state index in [9.17, 15) is 27.6 Å². The molecule has 3 aromatic rings. The highest BCUT2D eigenvalue weighted by molar-refractivity contribution is 6.08. The third-order valence-corrected chi connectivity index (χ3v) is 10.6. The van der Waals surface area contributed by atoms with E-state index in [4.69, 9.17) is 9.47 Å². The topological polar surface area (TPSA) is 116 Å². The summed E-state index contributed by atoms with van der Waals surface area (Å²) in [6, 6.07) is 15.4. The van der Waals surface area contributed by atoms with Crippen molar-refractivity contribution in [2.24, 2.45) is 5.41 Å². The number of hydrogen-bond donors (Lipinski definition) is 2. The summed E-state index contributed by atoms with van der Waals surface area (Å²) in [4.78, 5) is 51.5. The molecule has 0 saturated carbocycles. The molecule has 56 heavy (non-hydrogen) atoms. The second-order valence-electron chi connectivity index (χ2n) is 14.7. The SMILES string of the molecule is COC1C=CC(C(F)(F)F)=CC1(C)CNC(=O)c1ccnc(-c2cc(N3CCCCC3)ccc2NC(=O)c2cccc(C(=O)N(C)CCN3CCOCC3)c2)c1. The monoisotopic (exact) mass is 774 g/mol. The van der Waals surface area contributed by atoms with Crippen LogP contribution in [0.25, 0.3) is 11.3 Å². The number of ether oxygens (including phenoxy) is 2. The lowest BCUT2D eigenvalue weighted by molar-refractivity contribution is -0.0905. The van der Waals surface area contributed by atoms with Crippen LogP contribution in [0.15, 0.2) is 84.6 Å². The van der Waals surface area contributed by atoms with Gasteiger partial charge in [0.05, 0.1) is 36.3 Å². The Bertz CT molecular complexity index is 1960. The Morgan fingerprint density at radius 1 is 0.964 bits per heavy atom. The summed E-state index contributed by atoms with van der Waals surface area (Å²) in [5, 5.41) is 5.80. The minimum atomic E-state index is -4.55. The van der Waals surface area contributed by atoms with Crippen LogP contribution >= 0.6 is 0 Å². The maximum atomic E-state index is 13.8. The van der Waals surface area contributed by atoms with Crippen molar-refractivity contribution in [2.45, 2.75) is 38.5 Å². The molecule has 3 aliphatic rings. The Morgan fingerprint density at radius 2 is 1.70 bits per heavy atom. The molecule has 11 nitrogen and oxygen atoms in total. The molecule has 1 aliphatic carbocycles. The fourth-order valence-electron chi connectivity index (χ4n) is 7.29. The summed E-state index contributed by atoms with van der Waals surface area (Å²) in [6.07, 6.45) is 2.94. The van der Waals surface area contributed by atoms with Crippen LogP contribution in [0.5, 0.6) is 0 Å². The van der Waals surface area contributed by atoms with Gasteiger partial charge in [-0.1, -0.05) is 31.2 Å². The number of allylic oxidation sites excluding steroid dienone is 2. The number of anilines is 2. The quantitative estimate of drug-likeness (QED) is 0.224. The first-order chi connectivity index (χ1) is 26.8. The highest BCUT2D eigenvalue weighted by atomic mass is 19.4. The Labute approximate surface area is 325 Å². The number of methoxy groups -OCH3 is 1. The van der Waals surface area contributed by atoms with Gasteiger partial charge in [0.1, 0.15) is 0 Å². The zero-order valence-electron chi connectivity index (χ0n) is 32.0. The van der Waals surface area contributed by atoms with Crippen molar-refractivity contribution in [1.29, 1.82) is 0 Å². The van der Waals surface area contributed by atoms with Crippen LogP contribution in [0.2, 0.25) is 0 Å². The van der Waals surface area contributed by atoms with Gasteiger partial charge >= 0.3 is 6.18 Å². The van der Waals surface area contributed by atoms with Gasteiger partial charge in [0, 0.05) is 99.5 Å². The van der Waals surface area contributed by atoms with E-state index >= 15 is 0 Å². The minimum absolute atomic E-state index is 0.122. The molecule has 3 heterocycles. The predicted molar refractivity (Wildman–Crippen MR) is 209 cm³/mol. The fourth-order valence-corrected chi connectivity index (χ4v) is 7.29. The molecule has 2 aliphatic heterocycles. The van der Waals surface area contributed by atoms with Crippen molar-refractivity contribution in [3.8, 4) is 11.3 Å². The number of nitrogens with one attached hydrogen (secondary N) is 2. The van der Waals surface area contributed by atoms with E-state index in [1.165, 1.54) is 25.4 Å². The van der Waals surface area contributed by atoms with Crippen molar-refractivity contribution in [3.63, 3.8) is 0 Å². The first kappa shape index (κ1) is 40.6. The summed E-state index contributed by atoms with van der Waals surface area (Å²) in [5.41, 5.74) is 1.35. The van der Waals surface area contributed by atoms with E-state index in [0.717, 1.165) is 69.8 Å². The number of piperidine rings is 1. The van der Waals surface area contributed by atoms with Crippen LogP contribution in [-0.4, -0.2) is 118 Å². The summed E-state index contributed by atoms with van der Waals surface area (Å²) < 4.78 is 51.7. The molecule has 2 saturated heterocycles. The second-order valence-corrected chi connectivity index (χ2v) is 14.7. The predicted octanol–water partition coefficient (Wildman–Crippen LogP) is 6.21. The second kappa shape index (κ2) is 17.8. The number of hydrogen-bond acceptors (Lipinski definition) is 8. The standard InChI is InChI=1S/C42H49F3N6O5/c1-41(27-32(42(43,44)45)10-13-37(41)55-3)28-47-38(52)30-14-15-46-36(25-30)34-26-33(51-16-5-4-6-17-51)11-12-35(34)48-39(53)29-8-7-9-31(24-29)40(54)49(2)18-19-50-20-22-56-23-21-50/h7-15,24-27,37H,4-6,16-23,28H2,1-3H3,(H,47,52)(H,48,53). The van der Waals surface area contributed by atoms with Crippen LogP contribution in [0.1, 0.15) is 57.3 Å². The minimum Gasteiger partial charge on any atom is -0.379 e. The highest BCUT2D eigenvalue weighted by Gasteiger charge is 2.41. The smallest absolute Gasteiger partial charge is 0.379 e. The van der Waals surface area contributed by atoms with Crippen LogP contribution in [0.3, 0.4) is 0 Å². The molecule has 0 spiro atoms. The third kappa shape index (κ3) is 9.84. The van der Waals surface area contributed by atoms with E-state index < -0.39 is 35.1 Å². The number of carbonyl (C=O) groups is 3. The van der Waals surface area contributed by atoms with Gasteiger partial charge in [-0.2, -0.15) is 13.2 Å². The number of aromatic nitrogens is 1. The number of benzene rings is 2. The molecule has 2 fully saturated rings. The van der Waals surface area contributed by atoms with Gasteiger partial charge in [-0.3, -0.25) is 24.3 Å². The average molecular weight is 775 g/mol. The van der Waals surface area contributed by atoms with Crippen LogP contribution in [0.4, 0.5) is 24.5 Å². The molecule has 3 amide bonds. The zero-order chi connectivity index (χ0) is 39.9. The van der Waals surface area contributed by atoms with Gasteiger partial charge in [0.2, 0.25) is 0 Å². The number of pyridine rings is 1. The lowest BCUT2D eigenvalue weighted by atomic mass is 9.78. The van der Waals surface area contributed by atoms with Gasteiger partial charge in [-0.05, 0) is 67.8 Å². The first-order valence-electron chi connectivity index (χ1n) is 19.0. The molecule has 2 atom stereocenters. The third-order valence-electron chi connectivity index (χ3n) is 10.6. The van der Waals surface area contributed by atoms with Gasteiger partial charge in [-0.15, -0.1) is 0 Å². The van der Waals surface area contributed by atoms with E-state index in [2.05, 4.69) is 25.4 Å². The Kier molecular flexibility index (Phi) is 12.9. The molecular weight excluding hydrogens is 725 g/mol. The molecule has 14 heteroatoms. The van der Waals surface area contributed by atoms with Crippen molar-refractivity contribution < 1.29 is 37.0 Å². The Morgan fingerprint density at radius 3 is 2.43 bits per heavy atom. The maximum absolute atomic E-state index is 13.8. The molecule has 0 bridgehead atoms. The van der Waals surface area contributed by atoms with Gasteiger partial charge in [0.25, 0.3) is 17.7 Å².